The quantitative estimate of drug-likeness (QED) is 0.620. The molecule has 156 valence electrons. The second-order valence-electron chi connectivity index (χ2n) is 11.2. The summed E-state index contributed by atoms with van der Waals surface area (Å²) in [5, 5.41) is 3.44. The molecule has 1 N–H and O–H groups in total. The van der Waals surface area contributed by atoms with Crippen LogP contribution in [0.15, 0.2) is 30.3 Å². The van der Waals surface area contributed by atoms with Gasteiger partial charge in [0.15, 0.2) is 8.32 Å². The van der Waals surface area contributed by atoms with E-state index in [1.807, 2.05) is 0 Å². The predicted molar refractivity (Wildman–Crippen MR) is 122 cm³/mol. The van der Waals surface area contributed by atoms with E-state index in [4.69, 9.17) is 4.43 Å². The Kier molecular flexibility index (Phi) is 6.01. The molecule has 1 saturated heterocycles. The molecule has 2 fully saturated rings. The fourth-order valence-corrected chi connectivity index (χ4v) is 10.3. The summed E-state index contributed by atoms with van der Waals surface area (Å²) in [6, 6.07) is 12.1. The van der Waals surface area contributed by atoms with Crippen molar-refractivity contribution in [3.05, 3.63) is 35.9 Å². The van der Waals surface area contributed by atoms with Gasteiger partial charge in [0.1, 0.15) is 6.23 Å². The summed E-state index contributed by atoms with van der Waals surface area (Å²) >= 11 is 0. The number of hydrogen-bond donors (Lipinski definition) is 1. The normalized spacial score (nSPS) is 28.8. The van der Waals surface area contributed by atoms with E-state index >= 15 is 0 Å². The number of amides is 1. The van der Waals surface area contributed by atoms with Gasteiger partial charge in [-0.2, -0.15) is 0 Å². The lowest BCUT2D eigenvalue weighted by Gasteiger charge is -2.46. The Morgan fingerprint density at radius 3 is 2.32 bits per heavy atom. The lowest BCUT2D eigenvalue weighted by molar-refractivity contribution is -0.123. The number of carbonyl (C=O) groups is 1. The molecule has 3 rings (SSSR count). The van der Waals surface area contributed by atoms with E-state index < -0.39 is 16.4 Å². The Hall–Kier alpha value is -0.916. The van der Waals surface area contributed by atoms with Crippen LogP contribution in [0.2, 0.25) is 36.8 Å². The van der Waals surface area contributed by atoms with Gasteiger partial charge in [-0.05, 0) is 36.1 Å². The second kappa shape index (κ2) is 7.73. The van der Waals surface area contributed by atoms with Crippen LogP contribution in [-0.4, -0.2) is 28.5 Å². The lowest BCUT2D eigenvalue weighted by Crippen LogP contribution is -2.52. The summed E-state index contributed by atoms with van der Waals surface area (Å²) < 4.78 is 6.81. The number of hydrogen-bond acceptors (Lipinski definition) is 2. The van der Waals surface area contributed by atoms with Crippen LogP contribution in [0, 0.1) is 11.8 Å². The number of carbonyl (C=O) groups excluding carboxylic acids is 1. The minimum Gasteiger partial charge on any atom is -0.397 e. The smallest absolute Gasteiger partial charge is 0.225 e. The molecule has 1 aliphatic heterocycles. The van der Waals surface area contributed by atoms with Crippen molar-refractivity contribution in [2.75, 3.05) is 0 Å². The first-order valence-electron chi connectivity index (χ1n) is 10.9. The first kappa shape index (κ1) is 21.8. The third-order valence-corrected chi connectivity index (χ3v) is 16.1. The van der Waals surface area contributed by atoms with Crippen molar-refractivity contribution >= 4 is 22.3 Å². The maximum atomic E-state index is 12.8. The summed E-state index contributed by atoms with van der Waals surface area (Å²) in [5.41, 5.74) is 2.07. The SMILES string of the molecule is CC(C)(C)[Si](C)(C)O[C@H]1NC(=O)[C@@H]2CCC[C@H]([Si](C)(C)Cc3ccccc3)C12. The molecule has 3 nitrogen and oxygen atoms in total. The third-order valence-electron chi connectivity index (χ3n) is 7.66. The van der Waals surface area contributed by atoms with Gasteiger partial charge in [0.05, 0.1) is 8.07 Å². The molecule has 4 atom stereocenters. The van der Waals surface area contributed by atoms with Crippen LogP contribution in [0.25, 0.3) is 0 Å². The molecular weight excluding hydrogens is 378 g/mol. The van der Waals surface area contributed by atoms with Gasteiger partial charge >= 0.3 is 0 Å². The second-order valence-corrected chi connectivity index (χ2v) is 21.0. The maximum absolute atomic E-state index is 12.8. The highest BCUT2D eigenvalue weighted by atomic mass is 28.4. The molecule has 0 radical (unpaired) electrons. The minimum absolute atomic E-state index is 0.0914. The monoisotopic (exact) mass is 417 g/mol. The zero-order chi connectivity index (χ0) is 20.7. The van der Waals surface area contributed by atoms with Crippen LogP contribution in [-0.2, 0) is 15.3 Å². The summed E-state index contributed by atoms with van der Waals surface area (Å²) in [7, 11) is -3.52. The van der Waals surface area contributed by atoms with Crippen molar-refractivity contribution < 1.29 is 9.22 Å². The number of benzene rings is 1. The van der Waals surface area contributed by atoms with Gasteiger partial charge in [-0.15, -0.1) is 0 Å². The Labute approximate surface area is 173 Å². The van der Waals surface area contributed by atoms with Crippen LogP contribution >= 0.6 is 0 Å². The molecule has 1 aromatic carbocycles. The predicted octanol–water partition coefficient (Wildman–Crippen LogP) is 5.74. The molecule has 0 spiro atoms. The van der Waals surface area contributed by atoms with Crippen LogP contribution in [0.4, 0.5) is 0 Å². The van der Waals surface area contributed by atoms with Crippen molar-refractivity contribution in [3.63, 3.8) is 0 Å². The summed E-state index contributed by atoms with van der Waals surface area (Å²) in [4.78, 5) is 12.8. The Morgan fingerprint density at radius 2 is 1.71 bits per heavy atom. The van der Waals surface area contributed by atoms with Gasteiger partial charge in [0.2, 0.25) is 5.91 Å². The van der Waals surface area contributed by atoms with Crippen LogP contribution in [0.5, 0.6) is 0 Å². The standard InChI is InChI=1S/C23H39NO2Si2/c1-23(2,3)28(6,7)26-22-20-18(21(25)24-22)14-11-15-19(20)27(4,5)16-17-12-9-8-10-13-17/h8-10,12-13,18-20,22H,11,14-16H2,1-7H3,(H,24,25)/t18-,19+,20?,22-/m1/s1. The van der Waals surface area contributed by atoms with Crippen molar-refractivity contribution in [2.24, 2.45) is 11.8 Å². The Balaban J connectivity index is 1.86. The number of rotatable bonds is 5. The molecule has 1 aliphatic carbocycles. The summed E-state index contributed by atoms with van der Waals surface area (Å²) in [6.45, 7) is 16.5. The van der Waals surface area contributed by atoms with Crippen molar-refractivity contribution in [3.8, 4) is 0 Å². The van der Waals surface area contributed by atoms with E-state index in [1.54, 1.807) is 0 Å². The van der Waals surface area contributed by atoms with Crippen LogP contribution < -0.4 is 5.32 Å². The van der Waals surface area contributed by atoms with Crippen LogP contribution in [0.1, 0.15) is 45.6 Å². The molecule has 0 bridgehead atoms. The molecule has 1 unspecified atom stereocenters. The lowest BCUT2D eigenvalue weighted by atomic mass is 9.80. The van der Waals surface area contributed by atoms with E-state index in [0.29, 0.717) is 11.5 Å². The highest BCUT2D eigenvalue weighted by Gasteiger charge is 2.54. The molecule has 1 amide bonds. The van der Waals surface area contributed by atoms with Gasteiger partial charge in [-0.3, -0.25) is 4.79 Å². The Bertz CT molecular complexity index is 696. The zero-order valence-corrected chi connectivity index (χ0v) is 20.8. The first-order valence-corrected chi connectivity index (χ1v) is 17.1. The topological polar surface area (TPSA) is 38.3 Å². The largest absolute Gasteiger partial charge is 0.397 e. The van der Waals surface area contributed by atoms with Gasteiger partial charge in [0, 0.05) is 11.8 Å². The van der Waals surface area contributed by atoms with E-state index in [2.05, 4.69) is 82.6 Å². The van der Waals surface area contributed by atoms with Crippen molar-refractivity contribution in [1.82, 2.24) is 5.32 Å². The highest BCUT2D eigenvalue weighted by Crippen LogP contribution is 2.51. The molecule has 28 heavy (non-hydrogen) atoms. The number of fused-ring (bicyclic) bond motifs is 1. The van der Waals surface area contributed by atoms with E-state index in [0.717, 1.165) is 6.42 Å². The average Bonchev–Trinajstić information content (AvgIpc) is 2.90. The maximum Gasteiger partial charge on any atom is 0.225 e. The highest BCUT2D eigenvalue weighted by molar-refractivity contribution is 6.78. The summed E-state index contributed by atoms with van der Waals surface area (Å²) in [5.74, 6) is 0.736. The van der Waals surface area contributed by atoms with Gasteiger partial charge in [0.25, 0.3) is 0 Å². The fraction of sp³-hybridized carbons (Fsp3) is 0.696. The number of nitrogens with one attached hydrogen (secondary N) is 1. The fourth-order valence-electron chi connectivity index (χ4n) is 5.06. The third kappa shape index (κ3) is 4.31. The molecule has 5 heteroatoms. The van der Waals surface area contributed by atoms with Gasteiger partial charge < -0.3 is 9.74 Å². The Morgan fingerprint density at radius 1 is 1.07 bits per heavy atom. The first-order chi connectivity index (χ1) is 12.9. The zero-order valence-electron chi connectivity index (χ0n) is 18.8. The molecule has 2 aliphatic rings. The average molecular weight is 418 g/mol. The summed E-state index contributed by atoms with van der Waals surface area (Å²) in [6.07, 6.45) is 3.36. The van der Waals surface area contributed by atoms with E-state index in [-0.39, 0.29) is 23.1 Å². The van der Waals surface area contributed by atoms with E-state index in [1.165, 1.54) is 24.4 Å². The van der Waals surface area contributed by atoms with Crippen LogP contribution in [0.3, 0.4) is 0 Å². The van der Waals surface area contributed by atoms with E-state index in [9.17, 15) is 4.79 Å². The van der Waals surface area contributed by atoms with Gasteiger partial charge in [-0.25, -0.2) is 0 Å². The van der Waals surface area contributed by atoms with Gasteiger partial charge in [-0.1, -0.05) is 82.6 Å². The molecular formula is C23H39NO2Si2. The van der Waals surface area contributed by atoms with Crippen molar-refractivity contribution in [1.29, 1.82) is 0 Å². The molecule has 1 saturated carbocycles. The molecule has 0 aromatic heterocycles. The minimum atomic E-state index is -1.94. The molecule has 1 aromatic rings. The molecule has 1 heterocycles. The van der Waals surface area contributed by atoms with Crippen molar-refractivity contribution in [2.45, 2.75) is 89.1 Å².